The second-order valence-corrected chi connectivity index (χ2v) is 4.09. The van der Waals surface area contributed by atoms with E-state index in [1.54, 1.807) is 38.5 Å². The summed E-state index contributed by atoms with van der Waals surface area (Å²) in [7, 11) is 3.22. The van der Waals surface area contributed by atoms with Gasteiger partial charge in [0.05, 0.1) is 25.5 Å². The van der Waals surface area contributed by atoms with Crippen LogP contribution in [-0.4, -0.2) is 32.6 Å². The predicted molar refractivity (Wildman–Crippen MR) is 67.6 cm³/mol. The topological polar surface area (TPSA) is 83.5 Å². The molecule has 1 aromatic heterocycles. The van der Waals surface area contributed by atoms with E-state index < -0.39 is 5.95 Å². The Kier molecular flexibility index (Phi) is 4.91. The molecule has 0 amide bonds. The highest BCUT2D eigenvalue weighted by atomic mass is 16.6. The average molecular weight is 279 g/mol. The molecule has 0 saturated carbocycles. The van der Waals surface area contributed by atoms with Crippen LogP contribution < -0.4 is 19.8 Å². The molecule has 0 radical (unpaired) electrons. The van der Waals surface area contributed by atoms with Gasteiger partial charge in [0.1, 0.15) is 5.75 Å². The molecule has 0 saturated heterocycles. The van der Waals surface area contributed by atoms with Crippen molar-refractivity contribution in [2.75, 3.05) is 27.4 Å². The third-order valence-corrected chi connectivity index (χ3v) is 2.79. The lowest BCUT2D eigenvalue weighted by Gasteiger charge is -2.02. The van der Waals surface area contributed by atoms with Crippen LogP contribution in [0.1, 0.15) is 5.69 Å². The zero-order valence-electron chi connectivity index (χ0n) is 11.5. The van der Waals surface area contributed by atoms with Gasteiger partial charge < -0.3 is 24.4 Å². The smallest absolute Gasteiger partial charge is 0.253 e. The van der Waals surface area contributed by atoms with Crippen LogP contribution in [0, 0.1) is 0 Å². The summed E-state index contributed by atoms with van der Waals surface area (Å²) in [6, 6.07) is 7.20. The summed E-state index contributed by atoms with van der Waals surface area (Å²) in [6.07, 6.45) is 0. The third kappa shape index (κ3) is 3.25. The van der Waals surface area contributed by atoms with Crippen LogP contribution in [-0.2, 0) is 11.3 Å². The van der Waals surface area contributed by atoms with E-state index in [2.05, 4.69) is 10.6 Å². The fourth-order valence-corrected chi connectivity index (χ4v) is 1.72. The molecule has 0 fully saturated rings. The number of rotatable bonds is 7. The number of nitrogens with zero attached hydrogens (tertiary/aromatic N) is 2. The predicted octanol–water partition coefficient (Wildman–Crippen LogP) is -0.230. The minimum absolute atomic E-state index is 0.359. The normalized spacial score (nSPS) is 10.7. The van der Waals surface area contributed by atoms with Crippen LogP contribution in [0.2, 0.25) is 0 Å². The van der Waals surface area contributed by atoms with Crippen molar-refractivity contribution < 1.29 is 23.8 Å². The fraction of sp³-hybridized carbons (Fsp3) is 0.385. The van der Waals surface area contributed by atoms with Gasteiger partial charge >= 0.3 is 0 Å². The number of hydrogen-bond donors (Lipinski definition) is 1. The van der Waals surface area contributed by atoms with Crippen molar-refractivity contribution in [2.24, 2.45) is 0 Å². The molecule has 1 N–H and O–H groups in total. The van der Waals surface area contributed by atoms with Crippen LogP contribution in [0.5, 0.6) is 11.7 Å². The Balaban J connectivity index is 2.14. The largest absolute Gasteiger partial charge is 0.539 e. The molecule has 1 aromatic carbocycles. The fourth-order valence-electron chi connectivity index (χ4n) is 1.72. The molecule has 20 heavy (non-hydrogen) atoms. The van der Waals surface area contributed by atoms with E-state index in [9.17, 15) is 5.11 Å². The van der Waals surface area contributed by atoms with Crippen molar-refractivity contribution in [3.05, 3.63) is 30.0 Å². The molecule has 1 heterocycles. The van der Waals surface area contributed by atoms with Crippen molar-refractivity contribution in [3.8, 4) is 17.4 Å². The minimum atomic E-state index is -0.453. The maximum atomic E-state index is 11.7. The van der Waals surface area contributed by atoms with Crippen molar-refractivity contribution >= 4 is 0 Å². The number of nitrogens with one attached hydrogen (secondary N) is 1. The van der Waals surface area contributed by atoms with E-state index in [0.717, 1.165) is 11.4 Å². The Morgan fingerprint density at radius 2 is 2.05 bits per heavy atom. The third-order valence-electron chi connectivity index (χ3n) is 2.79. The monoisotopic (exact) mass is 279 g/mol. The Bertz CT molecular complexity index is 539. The van der Waals surface area contributed by atoms with E-state index in [1.807, 2.05) is 0 Å². The van der Waals surface area contributed by atoms with Gasteiger partial charge in [-0.05, 0) is 16.8 Å². The average Bonchev–Trinajstić information content (AvgIpc) is 2.85. The number of methoxy groups -OCH3 is 2. The highest BCUT2D eigenvalue weighted by molar-refractivity contribution is 5.31. The van der Waals surface area contributed by atoms with E-state index in [0.29, 0.717) is 25.4 Å². The maximum absolute atomic E-state index is 11.7. The summed E-state index contributed by atoms with van der Waals surface area (Å²) in [4.78, 5) is 0. The second-order valence-electron chi connectivity index (χ2n) is 4.09. The number of benzene rings is 1. The summed E-state index contributed by atoms with van der Waals surface area (Å²) in [5.41, 5.74) is 1.17. The maximum Gasteiger partial charge on any atom is 0.253 e. The SMILES string of the molecule is COCCNCc1c([O-])on[n+]1-c1ccc(OC)cc1. The van der Waals surface area contributed by atoms with Crippen molar-refractivity contribution in [2.45, 2.75) is 6.54 Å². The van der Waals surface area contributed by atoms with Gasteiger partial charge in [-0.3, -0.25) is 0 Å². The Morgan fingerprint density at radius 3 is 2.70 bits per heavy atom. The summed E-state index contributed by atoms with van der Waals surface area (Å²) >= 11 is 0. The Morgan fingerprint density at radius 1 is 1.30 bits per heavy atom. The minimum Gasteiger partial charge on any atom is -0.539 e. The van der Waals surface area contributed by atoms with Gasteiger partial charge in [-0.2, -0.15) is 0 Å². The highest BCUT2D eigenvalue weighted by Gasteiger charge is 2.19. The van der Waals surface area contributed by atoms with E-state index in [4.69, 9.17) is 14.0 Å². The van der Waals surface area contributed by atoms with Crippen molar-refractivity contribution in [3.63, 3.8) is 0 Å². The molecule has 7 nitrogen and oxygen atoms in total. The molecule has 0 atom stereocenters. The van der Waals surface area contributed by atoms with E-state index in [-0.39, 0.29) is 0 Å². The molecule has 0 bridgehead atoms. The first kappa shape index (κ1) is 14.3. The van der Waals surface area contributed by atoms with Gasteiger partial charge in [0, 0.05) is 25.8 Å². The first-order chi connectivity index (χ1) is 9.76. The van der Waals surface area contributed by atoms with Gasteiger partial charge in [0.2, 0.25) is 5.69 Å². The van der Waals surface area contributed by atoms with Crippen molar-refractivity contribution in [1.29, 1.82) is 0 Å². The lowest BCUT2D eigenvalue weighted by molar-refractivity contribution is -0.677. The highest BCUT2D eigenvalue weighted by Crippen LogP contribution is 2.14. The van der Waals surface area contributed by atoms with Gasteiger partial charge in [-0.25, -0.2) is 0 Å². The number of aromatic nitrogens is 2. The molecule has 0 unspecified atom stereocenters. The zero-order chi connectivity index (χ0) is 14.4. The lowest BCUT2D eigenvalue weighted by atomic mass is 10.3. The standard InChI is InChI=1S/C13H17N3O4/c1-18-8-7-14-9-12-13(17)20-15-16(12)10-3-5-11(19-2)6-4-10/h3-6,14H,7-9H2,1-2H3. The molecule has 0 spiro atoms. The van der Waals surface area contributed by atoms with Gasteiger partial charge in [-0.1, -0.05) is 0 Å². The Hall–Kier alpha value is -2.12. The molecule has 0 aliphatic carbocycles. The van der Waals surface area contributed by atoms with Crippen LogP contribution >= 0.6 is 0 Å². The first-order valence-electron chi connectivity index (χ1n) is 6.18. The molecule has 0 aliphatic heterocycles. The van der Waals surface area contributed by atoms with Crippen LogP contribution in [0.4, 0.5) is 0 Å². The molecule has 0 aliphatic rings. The summed E-state index contributed by atoms with van der Waals surface area (Å²) < 4.78 is 16.2. The molecular formula is C13H17N3O4. The van der Waals surface area contributed by atoms with Crippen LogP contribution in [0.15, 0.2) is 28.8 Å². The molecule has 7 heteroatoms. The summed E-state index contributed by atoms with van der Waals surface area (Å²) in [5.74, 6) is 0.283. The quantitative estimate of drug-likeness (QED) is 0.557. The summed E-state index contributed by atoms with van der Waals surface area (Å²) in [6.45, 7) is 1.57. The van der Waals surface area contributed by atoms with Gasteiger partial charge in [0.25, 0.3) is 5.69 Å². The Labute approximate surface area is 116 Å². The van der Waals surface area contributed by atoms with Crippen LogP contribution in [0.25, 0.3) is 5.69 Å². The van der Waals surface area contributed by atoms with Crippen LogP contribution in [0.3, 0.4) is 0 Å². The summed E-state index contributed by atoms with van der Waals surface area (Å²) in [5, 5.41) is 18.5. The number of ether oxygens (including phenoxy) is 2. The lowest BCUT2D eigenvalue weighted by Crippen LogP contribution is -2.39. The van der Waals surface area contributed by atoms with Gasteiger partial charge in [0.15, 0.2) is 5.95 Å². The molecule has 108 valence electrons. The van der Waals surface area contributed by atoms with Crippen molar-refractivity contribution in [1.82, 2.24) is 10.6 Å². The first-order valence-corrected chi connectivity index (χ1v) is 6.18. The van der Waals surface area contributed by atoms with Gasteiger partial charge in [-0.15, -0.1) is 0 Å². The zero-order valence-corrected chi connectivity index (χ0v) is 11.5. The van der Waals surface area contributed by atoms with E-state index >= 15 is 0 Å². The molecule has 2 aromatic rings. The van der Waals surface area contributed by atoms with E-state index in [1.165, 1.54) is 4.68 Å². The second kappa shape index (κ2) is 6.88. The molecular weight excluding hydrogens is 262 g/mol. The molecule has 2 rings (SSSR count). The number of hydrogen-bond acceptors (Lipinski definition) is 6.